The van der Waals surface area contributed by atoms with Crippen molar-refractivity contribution in [2.45, 2.75) is 18.4 Å². The summed E-state index contributed by atoms with van der Waals surface area (Å²) in [5.41, 5.74) is 0.983. The number of rotatable bonds is 6. The van der Waals surface area contributed by atoms with Gasteiger partial charge in [-0.15, -0.1) is 0 Å². The standard InChI is InChI=1S/C17H17ClO4S/c1-3-23(20)16-7-5-4-6-14(16)17(19)22-11-12-10-13(18)8-9-15(12)21-2/h4-10H,3,11H2,1-2H3. The van der Waals surface area contributed by atoms with Gasteiger partial charge < -0.3 is 9.47 Å². The summed E-state index contributed by atoms with van der Waals surface area (Å²) < 4.78 is 22.6. The van der Waals surface area contributed by atoms with Crippen LogP contribution >= 0.6 is 11.6 Å². The molecule has 0 saturated carbocycles. The maximum atomic E-state index is 12.3. The van der Waals surface area contributed by atoms with Gasteiger partial charge in [-0.2, -0.15) is 0 Å². The van der Waals surface area contributed by atoms with Crippen molar-refractivity contribution in [3.05, 3.63) is 58.6 Å². The molecule has 0 saturated heterocycles. The highest BCUT2D eigenvalue weighted by atomic mass is 35.5. The molecule has 0 radical (unpaired) electrons. The van der Waals surface area contributed by atoms with Crippen LogP contribution in [0.2, 0.25) is 5.02 Å². The average Bonchev–Trinajstić information content (AvgIpc) is 2.59. The Labute approximate surface area is 142 Å². The summed E-state index contributed by atoms with van der Waals surface area (Å²) in [6.07, 6.45) is 0. The Morgan fingerprint density at radius 1 is 1.22 bits per heavy atom. The number of carbonyl (C=O) groups is 1. The summed E-state index contributed by atoms with van der Waals surface area (Å²) in [6.45, 7) is 1.82. The molecule has 122 valence electrons. The molecule has 0 bridgehead atoms. The Bertz CT molecular complexity index is 730. The molecular weight excluding hydrogens is 336 g/mol. The molecule has 2 rings (SSSR count). The van der Waals surface area contributed by atoms with Crippen LogP contribution in [0.1, 0.15) is 22.8 Å². The summed E-state index contributed by atoms with van der Waals surface area (Å²) in [7, 11) is 0.309. The predicted molar refractivity (Wildman–Crippen MR) is 90.5 cm³/mol. The number of esters is 1. The van der Waals surface area contributed by atoms with Gasteiger partial charge in [0.1, 0.15) is 12.4 Å². The molecule has 0 aliphatic rings. The fourth-order valence-electron chi connectivity index (χ4n) is 2.07. The second kappa shape index (κ2) is 8.13. The molecule has 0 heterocycles. The minimum Gasteiger partial charge on any atom is -0.496 e. The van der Waals surface area contributed by atoms with Crippen LogP contribution in [0.3, 0.4) is 0 Å². The third-order valence-corrected chi connectivity index (χ3v) is 4.82. The van der Waals surface area contributed by atoms with Crippen LogP contribution in [0.4, 0.5) is 0 Å². The van der Waals surface area contributed by atoms with Crippen LogP contribution in [0.5, 0.6) is 5.75 Å². The first-order valence-corrected chi connectivity index (χ1v) is 8.73. The first kappa shape index (κ1) is 17.5. The molecule has 0 N–H and O–H groups in total. The van der Waals surface area contributed by atoms with Gasteiger partial charge in [-0.25, -0.2) is 4.79 Å². The summed E-state index contributed by atoms with van der Waals surface area (Å²) in [6, 6.07) is 11.9. The fraction of sp³-hybridized carbons (Fsp3) is 0.235. The van der Waals surface area contributed by atoms with E-state index in [0.717, 1.165) is 0 Å². The summed E-state index contributed by atoms with van der Waals surface area (Å²) in [4.78, 5) is 12.8. The zero-order chi connectivity index (χ0) is 16.8. The Balaban J connectivity index is 2.18. The van der Waals surface area contributed by atoms with E-state index < -0.39 is 16.8 Å². The normalized spacial score (nSPS) is 11.8. The molecule has 0 spiro atoms. The van der Waals surface area contributed by atoms with Crippen LogP contribution < -0.4 is 4.74 Å². The second-order valence-corrected chi connectivity index (χ2v) is 6.81. The van der Waals surface area contributed by atoms with Crippen molar-refractivity contribution in [1.29, 1.82) is 0 Å². The van der Waals surface area contributed by atoms with E-state index in [1.54, 1.807) is 49.4 Å². The fourth-order valence-corrected chi connectivity index (χ4v) is 3.20. The van der Waals surface area contributed by atoms with Gasteiger partial charge >= 0.3 is 5.97 Å². The minimum atomic E-state index is -1.23. The lowest BCUT2D eigenvalue weighted by molar-refractivity contribution is 0.0466. The van der Waals surface area contributed by atoms with Gasteiger partial charge in [0.05, 0.1) is 28.4 Å². The Morgan fingerprint density at radius 3 is 2.65 bits per heavy atom. The lowest BCUT2D eigenvalue weighted by atomic mass is 10.2. The van der Waals surface area contributed by atoms with Crippen molar-refractivity contribution in [2.75, 3.05) is 12.9 Å². The van der Waals surface area contributed by atoms with E-state index in [1.807, 2.05) is 0 Å². The molecule has 1 unspecified atom stereocenters. The molecule has 23 heavy (non-hydrogen) atoms. The van der Waals surface area contributed by atoms with Crippen molar-refractivity contribution in [3.63, 3.8) is 0 Å². The van der Waals surface area contributed by atoms with Crippen LogP contribution in [0, 0.1) is 0 Å². The molecule has 2 aromatic rings. The van der Waals surface area contributed by atoms with Gasteiger partial charge in [0.25, 0.3) is 0 Å². The molecule has 2 aromatic carbocycles. The van der Waals surface area contributed by atoms with Crippen LogP contribution in [0.15, 0.2) is 47.4 Å². The summed E-state index contributed by atoms with van der Waals surface area (Å²) in [5.74, 6) is 0.504. The molecule has 1 atom stereocenters. The SMILES string of the molecule is CCS(=O)c1ccccc1C(=O)OCc1cc(Cl)ccc1OC. The van der Waals surface area contributed by atoms with Crippen molar-refractivity contribution in [1.82, 2.24) is 0 Å². The van der Waals surface area contributed by atoms with E-state index in [4.69, 9.17) is 21.1 Å². The number of halogens is 1. The monoisotopic (exact) mass is 352 g/mol. The van der Waals surface area contributed by atoms with Crippen molar-refractivity contribution in [3.8, 4) is 5.75 Å². The first-order valence-electron chi connectivity index (χ1n) is 7.03. The van der Waals surface area contributed by atoms with Gasteiger partial charge in [0.2, 0.25) is 0 Å². The largest absolute Gasteiger partial charge is 0.496 e. The number of ether oxygens (including phenoxy) is 2. The van der Waals surface area contributed by atoms with Crippen molar-refractivity contribution < 1.29 is 18.5 Å². The molecule has 0 aliphatic carbocycles. The number of methoxy groups -OCH3 is 1. The van der Waals surface area contributed by atoms with Gasteiger partial charge in [0, 0.05) is 16.3 Å². The molecule has 0 fully saturated rings. The lowest BCUT2D eigenvalue weighted by Gasteiger charge is -2.11. The maximum absolute atomic E-state index is 12.3. The zero-order valence-corrected chi connectivity index (χ0v) is 14.4. The van der Waals surface area contributed by atoms with E-state index >= 15 is 0 Å². The summed E-state index contributed by atoms with van der Waals surface area (Å²) >= 11 is 5.96. The van der Waals surface area contributed by atoms with Crippen LogP contribution in [-0.2, 0) is 22.1 Å². The summed E-state index contributed by atoms with van der Waals surface area (Å²) in [5, 5.41) is 0.532. The van der Waals surface area contributed by atoms with E-state index in [2.05, 4.69) is 0 Å². The van der Waals surface area contributed by atoms with Crippen molar-refractivity contribution >= 4 is 28.4 Å². The number of benzene rings is 2. The number of hydrogen-bond acceptors (Lipinski definition) is 4. The molecule has 0 amide bonds. The van der Waals surface area contributed by atoms with Gasteiger partial charge in [-0.05, 0) is 30.3 Å². The average molecular weight is 353 g/mol. The molecular formula is C17H17ClO4S. The highest BCUT2D eigenvalue weighted by molar-refractivity contribution is 7.85. The Morgan fingerprint density at radius 2 is 1.96 bits per heavy atom. The van der Waals surface area contributed by atoms with E-state index in [9.17, 15) is 9.00 Å². The van der Waals surface area contributed by atoms with Crippen LogP contribution in [0.25, 0.3) is 0 Å². The van der Waals surface area contributed by atoms with E-state index in [1.165, 1.54) is 7.11 Å². The van der Waals surface area contributed by atoms with E-state index in [0.29, 0.717) is 32.5 Å². The highest BCUT2D eigenvalue weighted by Crippen LogP contribution is 2.24. The van der Waals surface area contributed by atoms with E-state index in [-0.39, 0.29) is 6.61 Å². The first-order chi connectivity index (χ1) is 11.1. The van der Waals surface area contributed by atoms with Gasteiger partial charge in [-0.3, -0.25) is 4.21 Å². The van der Waals surface area contributed by atoms with Gasteiger partial charge in [-0.1, -0.05) is 30.7 Å². The minimum absolute atomic E-state index is 0.0235. The Hall–Kier alpha value is -1.85. The lowest BCUT2D eigenvalue weighted by Crippen LogP contribution is -2.10. The Kier molecular flexibility index (Phi) is 6.19. The third-order valence-electron chi connectivity index (χ3n) is 3.22. The maximum Gasteiger partial charge on any atom is 0.339 e. The quantitative estimate of drug-likeness (QED) is 0.741. The topological polar surface area (TPSA) is 52.6 Å². The van der Waals surface area contributed by atoms with Crippen LogP contribution in [-0.4, -0.2) is 23.0 Å². The predicted octanol–water partition coefficient (Wildman–Crippen LogP) is 3.83. The molecule has 0 aliphatic heterocycles. The molecule has 4 nitrogen and oxygen atoms in total. The van der Waals surface area contributed by atoms with Crippen molar-refractivity contribution in [2.24, 2.45) is 0 Å². The third kappa shape index (κ3) is 4.33. The van der Waals surface area contributed by atoms with Gasteiger partial charge in [0.15, 0.2) is 0 Å². The smallest absolute Gasteiger partial charge is 0.339 e. The molecule has 0 aromatic heterocycles. The zero-order valence-electron chi connectivity index (χ0n) is 12.9. The molecule has 6 heteroatoms. The second-order valence-electron chi connectivity index (χ2n) is 4.66. The number of carbonyl (C=O) groups excluding carboxylic acids is 1. The highest BCUT2D eigenvalue weighted by Gasteiger charge is 2.16. The number of hydrogen-bond donors (Lipinski definition) is 0.